The lowest BCUT2D eigenvalue weighted by molar-refractivity contribution is 0.0696. The van der Waals surface area contributed by atoms with Gasteiger partial charge < -0.3 is 19.8 Å². The van der Waals surface area contributed by atoms with Crippen LogP contribution >= 0.6 is 0 Å². The summed E-state index contributed by atoms with van der Waals surface area (Å²) in [5.74, 6) is -0.634. The third kappa shape index (κ3) is 3.73. The molecule has 0 bridgehead atoms. The van der Waals surface area contributed by atoms with E-state index in [2.05, 4.69) is 0 Å². The third-order valence-corrected chi connectivity index (χ3v) is 6.37. The Balaban J connectivity index is 1.69. The van der Waals surface area contributed by atoms with E-state index in [0.29, 0.717) is 11.3 Å². The van der Waals surface area contributed by atoms with Crippen LogP contribution in [-0.2, 0) is 10.0 Å². The second-order valence-corrected chi connectivity index (χ2v) is 8.23. The van der Waals surface area contributed by atoms with Gasteiger partial charge in [-0.2, -0.15) is 4.31 Å². The highest BCUT2D eigenvalue weighted by Gasteiger charge is 2.33. The Hall–Kier alpha value is -2.85. The number of aryl methyl sites for hydroxylation is 1. The van der Waals surface area contributed by atoms with Gasteiger partial charge in [0.15, 0.2) is 5.76 Å². The van der Waals surface area contributed by atoms with Gasteiger partial charge in [0.25, 0.3) is 21.8 Å². The van der Waals surface area contributed by atoms with Crippen LogP contribution < -0.4 is 10.5 Å². The van der Waals surface area contributed by atoms with Crippen LogP contribution in [0.25, 0.3) is 0 Å². The number of rotatable bonds is 5. The van der Waals surface area contributed by atoms with Gasteiger partial charge in [-0.25, -0.2) is 8.42 Å². The molecule has 3 rings (SSSR count). The minimum Gasteiger partial charge on any atom is -0.496 e. The first-order valence-electron chi connectivity index (χ1n) is 8.57. The molecule has 1 fully saturated rings. The molecule has 1 saturated heterocycles. The highest BCUT2D eigenvalue weighted by Crippen LogP contribution is 2.23. The predicted molar refractivity (Wildman–Crippen MR) is 99.6 cm³/mol. The van der Waals surface area contributed by atoms with Gasteiger partial charge in [-0.05, 0) is 36.8 Å². The quantitative estimate of drug-likeness (QED) is 0.784. The summed E-state index contributed by atoms with van der Waals surface area (Å²) < 4.78 is 36.8. The molecule has 2 N–H and O–H groups in total. The Morgan fingerprint density at radius 3 is 2.36 bits per heavy atom. The van der Waals surface area contributed by atoms with Gasteiger partial charge in [0.2, 0.25) is 5.09 Å². The van der Waals surface area contributed by atoms with E-state index in [1.54, 1.807) is 30.2 Å². The number of sulfonamides is 1. The average molecular weight is 407 g/mol. The Kier molecular flexibility index (Phi) is 5.43. The van der Waals surface area contributed by atoms with Gasteiger partial charge >= 0.3 is 0 Å². The molecule has 1 aromatic carbocycles. The zero-order valence-electron chi connectivity index (χ0n) is 15.5. The van der Waals surface area contributed by atoms with Crippen molar-refractivity contribution in [3.05, 3.63) is 47.2 Å². The normalized spacial score (nSPS) is 15.4. The van der Waals surface area contributed by atoms with Crippen LogP contribution in [-0.4, -0.2) is 62.7 Å². The summed E-state index contributed by atoms with van der Waals surface area (Å²) in [6.45, 7) is 2.58. The van der Waals surface area contributed by atoms with Crippen LogP contribution in [0.2, 0.25) is 0 Å². The number of carbonyl (C=O) groups excluding carboxylic acids is 2. The number of hydrogen-bond acceptors (Lipinski definition) is 6. The van der Waals surface area contributed by atoms with Crippen molar-refractivity contribution in [1.82, 2.24) is 9.21 Å². The minimum absolute atomic E-state index is 0.115. The molecule has 1 aromatic heterocycles. The van der Waals surface area contributed by atoms with Gasteiger partial charge in [0.05, 0.1) is 7.11 Å². The molecule has 1 aliphatic heterocycles. The first-order valence-corrected chi connectivity index (χ1v) is 10.0. The summed E-state index contributed by atoms with van der Waals surface area (Å²) >= 11 is 0. The Bertz CT molecular complexity index is 1010. The zero-order chi connectivity index (χ0) is 20.5. The van der Waals surface area contributed by atoms with Crippen LogP contribution in [0.5, 0.6) is 5.75 Å². The van der Waals surface area contributed by atoms with Crippen molar-refractivity contribution in [2.45, 2.75) is 12.0 Å². The van der Waals surface area contributed by atoms with Crippen LogP contribution in [0.3, 0.4) is 0 Å². The van der Waals surface area contributed by atoms with E-state index < -0.39 is 15.9 Å². The molecule has 28 heavy (non-hydrogen) atoms. The first-order chi connectivity index (χ1) is 13.2. The molecule has 0 aliphatic carbocycles. The molecular formula is C18H21N3O6S. The Morgan fingerprint density at radius 2 is 1.79 bits per heavy atom. The number of ether oxygens (including phenoxy) is 1. The van der Waals surface area contributed by atoms with Crippen molar-refractivity contribution in [3.8, 4) is 5.75 Å². The molecule has 0 spiro atoms. The maximum atomic E-state index is 12.7. The number of carbonyl (C=O) groups is 2. The number of hydrogen-bond donors (Lipinski definition) is 1. The van der Waals surface area contributed by atoms with Crippen molar-refractivity contribution in [3.63, 3.8) is 0 Å². The van der Waals surface area contributed by atoms with Gasteiger partial charge in [0, 0.05) is 31.7 Å². The number of methoxy groups -OCH3 is 1. The molecular weight excluding hydrogens is 386 g/mol. The van der Waals surface area contributed by atoms with Crippen molar-refractivity contribution >= 4 is 21.8 Å². The maximum Gasteiger partial charge on any atom is 0.284 e. The zero-order valence-corrected chi connectivity index (χ0v) is 16.4. The smallest absolute Gasteiger partial charge is 0.284 e. The number of nitrogens with zero attached hydrogens (tertiary/aromatic N) is 2. The third-order valence-electron chi connectivity index (χ3n) is 4.60. The summed E-state index contributed by atoms with van der Waals surface area (Å²) in [5.41, 5.74) is 6.49. The first kappa shape index (κ1) is 19.9. The summed E-state index contributed by atoms with van der Waals surface area (Å²) in [7, 11) is -2.36. The molecule has 2 amide bonds. The molecule has 1 aliphatic rings. The predicted octanol–water partition coefficient (Wildman–Crippen LogP) is 0.842. The number of furan rings is 1. The van der Waals surface area contributed by atoms with E-state index >= 15 is 0 Å². The molecule has 150 valence electrons. The molecule has 2 heterocycles. The second kappa shape index (κ2) is 7.64. The lowest BCUT2D eigenvalue weighted by Crippen LogP contribution is -2.50. The number of piperazine rings is 1. The highest BCUT2D eigenvalue weighted by atomic mass is 32.2. The van der Waals surface area contributed by atoms with E-state index in [0.717, 1.165) is 5.56 Å². The SMILES string of the molecule is COc1cc(C(=O)N2CCN(S(=O)(=O)c3ccc(C(N)=O)o3)CC2)ccc1C. The minimum atomic E-state index is -3.90. The molecule has 0 radical (unpaired) electrons. The van der Waals surface area contributed by atoms with Crippen molar-refractivity contribution in [1.29, 1.82) is 0 Å². The number of benzene rings is 1. The van der Waals surface area contributed by atoms with E-state index in [9.17, 15) is 18.0 Å². The van der Waals surface area contributed by atoms with E-state index in [-0.39, 0.29) is 42.9 Å². The van der Waals surface area contributed by atoms with E-state index in [1.807, 2.05) is 6.92 Å². The molecule has 9 nitrogen and oxygen atoms in total. The standard InChI is InChI=1S/C18H21N3O6S/c1-12-3-4-13(11-15(12)26-2)18(23)20-7-9-21(10-8-20)28(24,25)16-6-5-14(27-16)17(19)22/h3-6,11H,7-10H2,1-2H3,(H2,19,22). The number of primary amides is 1. The van der Waals surface area contributed by atoms with Crippen LogP contribution in [0, 0.1) is 6.92 Å². The lowest BCUT2D eigenvalue weighted by atomic mass is 10.1. The van der Waals surface area contributed by atoms with Crippen molar-refractivity contribution in [2.75, 3.05) is 33.3 Å². The molecule has 0 atom stereocenters. The summed E-state index contributed by atoms with van der Waals surface area (Å²) in [6.07, 6.45) is 0. The Morgan fingerprint density at radius 1 is 1.11 bits per heavy atom. The molecule has 10 heteroatoms. The van der Waals surface area contributed by atoms with Crippen LogP contribution in [0.15, 0.2) is 39.8 Å². The average Bonchev–Trinajstić information content (AvgIpc) is 3.19. The Labute approximate surface area is 162 Å². The van der Waals surface area contributed by atoms with Gasteiger partial charge in [-0.3, -0.25) is 9.59 Å². The fourth-order valence-corrected chi connectivity index (χ4v) is 4.32. The fourth-order valence-electron chi connectivity index (χ4n) is 2.99. The molecule has 0 saturated carbocycles. The summed E-state index contributed by atoms with van der Waals surface area (Å²) in [5, 5.41) is -0.343. The lowest BCUT2D eigenvalue weighted by Gasteiger charge is -2.33. The van der Waals surface area contributed by atoms with E-state index in [4.69, 9.17) is 14.9 Å². The second-order valence-electron chi connectivity index (χ2n) is 6.36. The van der Waals surface area contributed by atoms with Crippen LogP contribution in [0.4, 0.5) is 0 Å². The van der Waals surface area contributed by atoms with E-state index in [1.165, 1.54) is 16.4 Å². The fraction of sp³-hybridized carbons (Fsp3) is 0.333. The summed E-state index contributed by atoms with van der Waals surface area (Å²) in [6, 6.07) is 7.62. The van der Waals surface area contributed by atoms with Crippen LogP contribution in [0.1, 0.15) is 26.5 Å². The van der Waals surface area contributed by atoms with Gasteiger partial charge in [-0.15, -0.1) is 0 Å². The highest BCUT2D eigenvalue weighted by molar-refractivity contribution is 7.89. The van der Waals surface area contributed by atoms with Gasteiger partial charge in [0.1, 0.15) is 5.75 Å². The maximum absolute atomic E-state index is 12.7. The monoisotopic (exact) mass is 407 g/mol. The summed E-state index contributed by atoms with van der Waals surface area (Å²) in [4.78, 5) is 25.4. The van der Waals surface area contributed by atoms with Gasteiger partial charge in [-0.1, -0.05) is 6.07 Å². The van der Waals surface area contributed by atoms with Crippen molar-refractivity contribution in [2.24, 2.45) is 5.73 Å². The molecule has 2 aromatic rings. The van der Waals surface area contributed by atoms with Crippen molar-refractivity contribution < 1.29 is 27.2 Å². The topological polar surface area (TPSA) is 123 Å². The number of amides is 2. The number of nitrogens with two attached hydrogens (primary N) is 1. The molecule has 0 unspecified atom stereocenters. The largest absolute Gasteiger partial charge is 0.496 e.